The Morgan fingerprint density at radius 3 is 2.74 bits per heavy atom. The Bertz CT molecular complexity index is 392. The Morgan fingerprint density at radius 1 is 1.47 bits per heavy atom. The summed E-state index contributed by atoms with van der Waals surface area (Å²) >= 11 is 0. The predicted molar refractivity (Wildman–Crippen MR) is 67.3 cm³/mol. The van der Waals surface area contributed by atoms with Gasteiger partial charge in [-0.1, -0.05) is 0 Å². The first-order valence-corrected chi connectivity index (χ1v) is 6.79. The van der Waals surface area contributed by atoms with Crippen LogP contribution in [0.3, 0.4) is 0 Å². The molecule has 106 valence electrons. The van der Waals surface area contributed by atoms with Gasteiger partial charge in [-0.2, -0.15) is 0 Å². The lowest BCUT2D eigenvalue weighted by molar-refractivity contribution is -0.137. The molecule has 2 N–H and O–H groups in total. The number of carboxylic acids is 1. The molecule has 2 fully saturated rings. The van der Waals surface area contributed by atoms with E-state index in [1.54, 1.807) is 6.92 Å². The van der Waals surface area contributed by atoms with Crippen molar-refractivity contribution in [2.45, 2.75) is 51.1 Å². The number of hydrogen-bond acceptors (Lipinski definition) is 3. The van der Waals surface area contributed by atoms with E-state index in [0.29, 0.717) is 19.0 Å². The number of hydrogen-bond donors (Lipinski definition) is 2. The number of carboxylic acid groups (broad SMARTS) is 1. The fraction of sp³-hybridized carbons (Fsp3) is 0.769. The summed E-state index contributed by atoms with van der Waals surface area (Å²) in [6.45, 7) is 2.30. The minimum absolute atomic E-state index is 0.0409. The van der Waals surface area contributed by atoms with Crippen molar-refractivity contribution >= 4 is 17.8 Å². The zero-order valence-corrected chi connectivity index (χ0v) is 11.1. The first-order valence-electron chi connectivity index (χ1n) is 6.79. The van der Waals surface area contributed by atoms with Crippen LogP contribution in [-0.2, 0) is 14.4 Å². The van der Waals surface area contributed by atoms with Crippen LogP contribution in [0, 0.1) is 5.92 Å². The maximum Gasteiger partial charge on any atom is 0.303 e. The van der Waals surface area contributed by atoms with Crippen LogP contribution in [0.5, 0.6) is 0 Å². The highest BCUT2D eigenvalue weighted by Gasteiger charge is 2.41. The van der Waals surface area contributed by atoms with E-state index in [1.807, 2.05) is 4.90 Å². The SMILES string of the molecule is CC(CCC(=O)O)NC(=O)C1CC(=O)N(C2CC2)C1. The predicted octanol–water partition coefficient (Wildman–Crippen LogP) is 0.367. The molecule has 2 atom stereocenters. The van der Waals surface area contributed by atoms with E-state index in [4.69, 9.17) is 5.11 Å². The summed E-state index contributed by atoms with van der Waals surface area (Å²) in [5.74, 6) is -1.20. The first kappa shape index (κ1) is 13.8. The van der Waals surface area contributed by atoms with E-state index in [2.05, 4.69) is 5.32 Å². The standard InChI is InChI=1S/C13H20N2O4/c1-8(2-5-12(17)18)14-13(19)9-6-11(16)15(7-9)10-3-4-10/h8-10H,2-7H2,1H3,(H,14,19)(H,17,18). The zero-order valence-electron chi connectivity index (χ0n) is 11.1. The normalized spacial score (nSPS) is 24.4. The number of likely N-dealkylation sites (tertiary alicyclic amines) is 1. The van der Waals surface area contributed by atoms with Crippen LogP contribution in [0.25, 0.3) is 0 Å². The maximum atomic E-state index is 12.0. The molecule has 2 amide bonds. The third-order valence-corrected chi connectivity index (χ3v) is 3.70. The molecule has 6 heteroatoms. The zero-order chi connectivity index (χ0) is 14.0. The van der Waals surface area contributed by atoms with E-state index < -0.39 is 5.97 Å². The van der Waals surface area contributed by atoms with Crippen molar-refractivity contribution in [2.75, 3.05) is 6.54 Å². The fourth-order valence-electron chi connectivity index (χ4n) is 2.42. The summed E-state index contributed by atoms with van der Waals surface area (Å²) in [7, 11) is 0. The third kappa shape index (κ3) is 3.68. The summed E-state index contributed by atoms with van der Waals surface area (Å²) in [6, 6.07) is 0.184. The summed E-state index contributed by atoms with van der Waals surface area (Å²) in [6.07, 6.45) is 2.84. The van der Waals surface area contributed by atoms with E-state index in [-0.39, 0.29) is 36.6 Å². The molecule has 1 aliphatic carbocycles. The molecule has 0 aromatic heterocycles. The van der Waals surface area contributed by atoms with Gasteiger partial charge in [-0.25, -0.2) is 0 Å². The second-order valence-electron chi connectivity index (χ2n) is 5.52. The minimum Gasteiger partial charge on any atom is -0.481 e. The van der Waals surface area contributed by atoms with Crippen molar-refractivity contribution in [3.05, 3.63) is 0 Å². The van der Waals surface area contributed by atoms with Crippen LogP contribution in [0.15, 0.2) is 0 Å². The van der Waals surface area contributed by atoms with Crippen molar-refractivity contribution in [2.24, 2.45) is 5.92 Å². The van der Waals surface area contributed by atoms with Gasteiger partial charge in [0.25, 0.3) is 0 Å². The molecule has 1 saturated carbocycles. The van der Waals surface area contributed by atoms with Crippen LogP contribution in [0.2, 0.25) is 0 Å². The lowest BCUT2D eigenvalue weighted by atomic mass is 10.1. The highest BCUT2D eigenvalue weighted by Crippen LogP contribution is 2.32. The van der Waals surface area contributed by atoms with Gasteiger partial charge in [0.2, 0.25) is 11.8 Å². The molecule has 2 aliphatic rings. The van der Waals surface area contributed by atoms with Crippen molar-refractivity contribution in [1.82, 2.24) is 10.2 Å². The highest BCUT2D eigenvalue weighted by molar-refractivity contribution is 5.89. The van der Waals surface area contributed by atoms with Gasteiger partial charge < -0.3 is 15.3 Å². The van der Waals surface area contributed by atoms with Gasteiger partial charge in [0.05, 0.1) is 5.92 Å². The fourth-order valence-corrected chi connectivity index (χ4v) is 2.42. The number of nitrogens with zero attached hydrogens (tertiary/aromatic N) is 1. The number of aliphatic carboxylic acids is 1. The van der Waals surface area contributed by atoms with Crippen molar-refractivity contribution in [3.63, 3.8) is 0 Å². The first-order chi connectivity index (χ1) is 8.97. The average molecular weight is 268 g/mol. The van der Waals surface area contributed by atoms with Crippen molar-refractivity contribution in [3.8, 4) is 0 Å². The molecule has 1 heterocycles. The van der Waals surface area contributed by atoms with E-state index in [1.165, 1.54) is 0 Å². The van der Waals surface area contributed by atoms with Crippen LogP contribution >= 0.6 is 0 Å². The van der Waals surface area contributed by atoms with E-state index >= 15 is 0 Å². The van der Waals surface area contributed by atoms with Gasteiger partial charge in [0, 0.05) is 31.5 Å². The van der Waals surface area contributed by atoms with Crippen LogP contribution in [0.1, 0.15) is 39.0 Å². The van der Waals surface area contributed by atoms with Gasteiger partial charge in [-0.05, 0) is 26.2 Å². The summed E-state index contributed by atoms with van der Waals surface area (Å²) < 4.78 is 0. The maximum absolute atomic E-state index is 12.0. The Hall–Kier alpha value is -1.59. The minimum atomic E-state index is -0.864. The van der Waals surface area contributed by atoms with Crippen LogP contribution in [0.4, 0.5) is 0 Å². The van der Waals surface area contributed by atoms with Gasteiger partial charge in [0.15, 0.2) is 0 Å². The molecule has 2 unspecified atom stereocenters. The molecule has 0 aromatic rings. The Balaban J connectivity index is 1.77. The Labute approximate surface area is 112 Å². The number of nitrogens with one attached hydrogen (secondary N) is 1. The molecular weight excluding hydrogens is 248 g/mol. The lowest BCUT2D eigenvalue weighted by Crippen LogP contribution is -2.38. The lowest BCUT2D eigenvalue weighted by Gasteiger charge is -2.17. The Morgan fingerprint density at radius 2 is 2.16 bits per heavy atom. The van der Waals surface area contributed by atoms with Gasteiger partial charge in [-0.3, -0.25) is 14.4 Å². The van der Waals surface area contributed by atoms with Crippen LogP contribution in [-0.4, -0.2) is 46.4 Å². The van der Waals surface area contributed by atoms with Crippen molar-refractivity contribution < 1.29 is 19.5 Å². The average Bonchev–Trinajstić information content (AvgIpc) is 3.10. The second kappa shape index (κ2) is 5.59. The molecule has 0 spiro atoms. The number of carbonyl (C=O) groups excluding carboxylic acids is 2. The highest BCUT2D eigenvalue weighted by atomic mass is 16.4. The molecule has 0 aromatic carbocycles. The number of carbonyl (C=O) groups is 3. The molecule has 2 rings (SSSR count). The molecule has 6 nitrogen and oxygen atoms in total. The van der Waals surface area contributed by atoms with Gasteiger partial charge in [-0.15, -0.1) is 0 Å². The molecule has 1 saturated heterocycles. The third-order valence-electron chi connectivity index (χ3n) is 3.70. The summed E-state index contributed by atoms with van der Waals surface area (Å²) in [4.78, 5) is 36.0. The van der Waals surface area contributed by atoms with Crippen molar-refractivity contribution in [1.29, 1.82) is 0 Å². The molecule has 19 heavy (non-hydrogen) atoms. The quantitative estimate of drug-likeness (QED) is 0.728. The van der Waals surface area contributed by atoms with Crippen LogP contribution < -0.4 is 5.32 Å². The second-order valence-corrected chi connectivity index (χ2v) is 5.52. The summed E-state index contributed by atoms with van der Waals surface area (Å²) in [5, 5.41) is 11.4. The van der Waals surface area contributed by atoms with E-state index in [9.17, 15) is 14.4 Å². The largest absolute Gasteiger partial charge is 0.481 e. The van der Waals surface area contributed by atoms with Gasteiger partial charge >= 0.3 is 5.97 Å². The Kier molecular flexibility index (Phi) is 4.07. The molecular formula is C13H20N2O4. The number of rotatable bonds is 6. The molecule has 1 aliphatic heterocycles. The topological polar surface area (TPSA) is 86.7 Å². The smallest absolute Gasteiger partial charge is 0.303 e. The molecule has 0 bridgehead atoms. The van der Waals surface area contributed by atoms with E-state index in [0.717, 1.165) is 12.8 Å². The van der Waals surface area contributed by atoms with Gasteiger partial charge in [0.1, 0.15) is 0 Å². The monoisotopic (exact) mass is 268 g/mol. The molecule has 0 radical (unpaired) electrons. The summed E-state index contributed by atoms with van der Waals surface area (Å²) in [5.41, 5.74) is 0. The number of amides is 2.